The summed E-state index contributed by atoms with van der Waals surface area (Å²) in [5.41, 5.74) is 1.60. The Balaban J connectivity index is 0.00000261. The van der Waals surface area contributed by atoms with Crippen molar-refractivity contribution in [2.24, 2.45) is 4.99 Å². The van der Waals surface area contributed by atoms with Crippen LogP contribution in [0, 0.1) is 5.82 Å². The Kier molecular flexibility index (Phi) is 9.20. The molecular weight excluding hydrogens is 462 g/mol. The summed E-state index contributed by atoms with van der Waals surface area (Å²) in [6.45, 7) is 6.57. The maximum Gasteiger partial charge on any atom is 0.193 e. The molecule has 0 amide bonds. The molecule has 27 heavy (non-hydrogen) atoms. The van der Waals surface area contributed by atoms with Crippen molar-refractivity contribution in [2.45, 2.75) is 25.6 Å². The van der Waals surface area contributed by atoms with Gasteiger partial charge in [-0.3, -0.25) is 9.89 Å². The van der Waals surface area contributed by atoms with Crippen molar-refractivity contribution in [1.82, 2.24) is 15.1 Å². The molecule has 0 aliphatic carbocycles. The highest BCUT2D eigenvalue weighted by atomic mass is 127. The van der Waals surface area contributed by atoms with Gasteiger partial charge in [0.25, 0.3) is 0 Å². The van der Waals surface area contributed by atoms with E-state index in [0.29, 0.717) is 18.2 Å². The zero-order valence-electron chi connectivity index (χ0n) is 16.1. The van der Waals surface area contributed by atoms with Crippen molar-refractivity contribution in [3.05, 3.63) is 35.1 Å². The standard InChI is InChI=1S/C19H29FN4O2.HI/c1-21-19(22-12-15-3-4-18(20)16(11-15)14-25-2)24-6-5-17(13-24)23-7-9-26-10-8-23;/h3-4,11,17H,5-10,12-14H2,1-2H3,(H,21,22);1H. The van der Waals surface area contributed by atoms with Gasteiger partial charge in [-0.25, -0.2) is 4.39 Å². The van der Waals surface area contributed by atoms with Gasteiger partial charge in [-0.1, -0.05) is 6.07 Å². The fourth-order valence-electron chi connectivity index (χ4n) is 3.69. The van der Waals surface area contributed by atoms with E-state index in [0.717, 1.165) is 57.3 Å². The third kappa shape index (κ3) is 6.00. The number of nitrogens with zero attached hydrogens (tertiary/aromatic N) is 3. The molecule has 2 aliphatic heterocycles. The van der Waals surface area contributed by atoms with Crippen molar-refractivity contribution in [3.8, 4) is 0 Å². The Morgan fingerprint density at radius 1 is 1.33 bits per heavy atom. The van der Waals surface area contributed by atoms with Gasteiger partial charge in [0.2, 0.25) is 0 Å². The summed E-state index contributed by atoms with van der Waals surface area (Å²) in [6.07, 6.45) is 1.15. The topological polar surface area (TPSA) is 49.3 Å². The molecule has 1 unspecified atom stereocenters. The number of rotatable bonds is 5. The maximum absolute atomic E-state index is 13.7. The lowest BCUT2D eigenvalue weighted by molar-refractivity contribution is 0.0195. The quantitative estimate of drug-likeness (QED) is 0.388. The zero-order valence-corrected chi connectivity index (χ0v) is 18.4. The number of benzene rings is 1. The van der Waals surface area contributed by atoms with Gasteiger partial charge in [0.15, 0.2) is 5.96 Å². The van der Waals surface area contributed by atoms with Gasteiger partial charge in [-0.2, -0.15) is 0 Å². The van der Waals surface area contributed by atoms with E-state index in [4.69, 9.17) is 9.47 Å². The average molecular weight is 492 g/mol. The first-order chi connectivity index (χ1) is 12.7. The van der Waals surface area contributed by atoms with E-state index >= 15 is 0 Å². The van der Waals surface area contributed by atoms with E-state index in [2.05, 4.69) is 20.1 Å². The van der Waals surface area contributed by atoms with E-state index < -0.39 is 0 Å². The van der Waals surface area contributed by atoms with Gasteiger partial charge in [0.05, 0.1) is 19.8 Å². The molecule has 1 aromatic rings. The Morgan fingerprint density at radius 2 is 2.11 bits per heavy atom. The van der Waals surface area contributed by atoms with Gasteiger partial charge >= 0.3 is 0 Å². The first-order valence-corrected chi connectivity index (χ1v) is 9.25. The van der Waals surface area contributed by atoms with Crippen LogP contribution in [0.3, 0.4) is 0 Å². The van der Waals surface area contributed by atoms with Crippen LogP contribution >= 0.6 is 24.0 Å². The number of aliphatic imine (C=N–C) groups is 1. The first-order valence-electron chi connectivity index (χ1n) is 9.25. The second kappa shape index (κ2) is 11.1. The second-order valence-corrected chi connectivity index (χ2v) is 6.80. The Bertz CT molecular complexity index is 626. The van der Waals surface area contributed by atoms with Crippen LogP contribution in [0.25, 0.3) is 0 Å². The number of ether oxygens (including phenoxy) is 2. The number of likely N-dealkylation sites (tertiary alicyclic amines) is 1. The van der Waals surface area contributed by atoms with Crippen molar-refractivity contribution in [3.63, 3.8) is 0 Å². The molecule has 0 aromatic heterocycles. The van der Waals surface area contributed by atoms with E-state index in [1.54, 1.807) is 13.2 Å². The molecule has 1 aromatic carbocycles. The first kappa shape index (κ1) is 22.3. The van der Waals surface area contributed by atoms with Crippen LogP contribution in [-0.4, -0.2) is 75.4 Å². The molecule has 8 heteroatoms. The monoisotopic (exact) mass is 492 g/mol. The molecule has 3 rings (SSSR count). The average Bonchev–Trinajstić information content (AvgIpc) is 3.16. The van der Waals surface area contributed by atoms with Crippen LogP contribution in [0.5, 0.6) is 0 Å². The molecule has 0 saturated carbocycles. The predicted molar refractivity (Wildman–Crippen MR) is 115 cm³/mol. The molecule has 1 N–H and O–H groups in total. The number of hydrogen-bond donors (Lipinski definition) is 1. The fraction of sp³-hybridized carbons (Fsp3) is 0.632. The van der Waals surface area contributed by atoms with Crippen LogP contribution in [0.1, 0.15) is 17.5 Å². The summed E-state index contributed by atoms with van der Waals surface area (Å²) >= 11 is 0. The van der Waals surface area contributed by atoms with E-state index in [9.17, 15) is 4.39 Å². The van der Waals surface area contributed by atoms with Gasteiger partial charge in [0, 0.05) is 58.5 Å². The summed E-state index contributed by atoms with van der Waals surface area (Å²) < 4.78 is 24.2. The molecule has 2 fully saturated rings. The number of methoxy groups -OCH3 is 1. The lowest BCUT2D eigenvalue weighted by atomic mass is 10.1. The maximum atomic E-state index is 13.7. The van der Waals surface area contributed by atoms with Gasteiger partial charge in [0.1, 0.15) is 5.82 Å². The number of halogens is 2. The highest BCUT2D eigenvalue weighted by Crippen LogP contribution is 2.17. The highest BCUT2D eigenvalue weighted by molar-refractivity contribution is 14.0. The minimum absolute atomic E-state index is 0. The van der Waals surface area contributed by atoms with E-state index in [1.165, 1.54) is 6.07 Å². The molecule has 2 heterocycles. The molecule has 1 atom stereocenters. The van der Waals surface area contributed by atoms with E-state index in [-0.39, 0.29) is 36.4 Å². The molecule has 2 saturated heterocycles. The SMILES string of the molecule is CN=C(NCc1ccc(F)c(COC)c1)N1CCC(N2CCOCC2)C1.I. The summed E-state index contributed by atoms with van der Waals surface area (Å²) in [5, 5.41) is 3.41. The van der Waals surface area contributed by atoms with Gasteiger partial charge in [-0.15, -0.1) is 24.0 Å². The lowest BCUT2D eigenvalue weighted by Crippen LogP contribution is -2.46. The van der Waals surface area contributed by atoms with Crippen LogP contribution in [0.4, 0.5) is 4.39 Å². The van der Waals surface area contributed by atoms with Crippen LogP contribution in [0.15, 0.2) is 23.2 Å². The summed E-state index contributed by atoms with van der Waals surface area (Å²) in [4.78, 5) is 9.26. The molecule has 0 radical (unpaired) electrons. The number of nitrogens with one attached hydrogen (secondary N) is 1. The lowest BCUT2D eigenvalue weighted by Gasteiger charge is -2.32. The molecular formula is C19H30FIN4O2. The Labute approximate surface area is 178 Å². The number of guanidine groups is 1. The number of morpholine rings is 1. The predicted octanol–water partition coefficient (Wildman–Crippen LogP) is 2.07. The minimum atomic E-state index is -0.229. The van der Waals surface area contributed by atoms with Crippen molar-refractivity contribution >= 4 is 29.9 Å². The molecule has 6 nitrogen and oxygen atoms in total. The van der Waals surface area contributed by atoms with Crippen LogP contribution < -0.4 is 5.32 Å². The summed E-state index contributed by atoms with van der Waals surface area (Å²) in [7, 11) is 3.38. The largest absolute Gasteiger partial charge is 0.380 e. The minimum Gasteiger partial charge on any atom is -0.380 e. The Hall–Kier alpha value is -0.970. The van der Waals surface area contributed by atoms with Crippen molar-refractivity contribution in [1.29, 1.82) is 0 Å². The van der Waals surface area contributed by atoms with Crippen LogP contribution in [0.2, 0.25) is 0 Å². The molecule has 0 bridgehead atoms. The third-order valence-corrected chi connectivity index (χ3v) is 5.10. The van der Waals surface area contributed by atoms with Gasteiger partial charge < -0.3 is 19.7 Å². The smallest absolute Gasteiger partial charge is 0.193 e. The van der Waals surface area contributed by atoms with E-state index in [1.807, 2.05) is 13.1 Å². The van der Waals surface area contributed by atoms with Crippen LogP contribution in [-0.2, 0) is 22.6 Å². The molecule has 0 spiro atoms. The third-order valence-electron chi connectivity index (χ3n) is 5.10. The summed E-state index contributed by atoms with van der Waals surface area (Å²) in [6, 6.07) is 5.71. The molecule has 2 aliphatic rings. The van der Waals surface area contributed by atoms with Crippen molar-refractivity contribution < 1.29 is 13.9 Å². The Morgan fingerprint density at radius 3 is 2.81 bits per heavy atom. The molecule has 152 valence electrons. The highest BCUT2D eigenvalue weighted by Gasteiger charge is 2.30. The van der Waals surface area contributed by atoms with Crippen molar-refractivity contribution in [2.75, 3.05) is 53.6 Å². The van der Waals surface area contributed by atoms with Gasteiger partial charge in [-0.05, 0) is 24.1 Å². The summed E-state index contributed by atoms with van der Waals surface area (Å²) in [5.74, 6) is 0.672. The normalized spacial score (nSPS) is 21.2. The fourth-order valence-corrected chi connectivity index (χ4v) is 3.69. The number of hydrogen-bond acceptors (Lipinski definition) is 4. The zero-order chi connectivity index (χ0) is 18.4. The second-order valence-electron chi connectivity index (χ2n) is 6.80.